The Labute approximate surface area is 163 Å². The van der Waals surface area contributed by atoms with Crippen LogP contribution in [-0.4, -0.2) is 52.5 Å². The number of amides is 1. The van der Waals surface area contributed by atoms with Gasteiger partial charge in [-0.1, -0.05) is 33.1 Å². The highest BCUT2D eigenvalue weighted by Crippen LogP contribution is 2.40. The first-order valence-corrected chi connectivity index (χ1v) is 9.21. The summed E-state index contributed by atoms with van der Waals surface area (Å²) in [5.74, 6) is -2.47. The van der Waals surface area contributed by atoms with E-state index in [-0.39, 0.29) is 13.0 Å². The van der Waals surface area contributed by atoms with Crippen LogP contribution in [0.2, 0.25) is 0 Å². The number of hydroxylamine groups is 2. The fraction of sp³-hybridized carbons (Fsp3) is 0.824. The zero-order chi connectivity index (χ0) is 21.3. The molecule has 1 saturated carbocycles. The van der Waals surface area contributed by atoms with Gasteiger partial charge >= 0.3 is 11.9 Å². The molecule has 0 aromatic rings. The number of carboxylic acids is 1. The van der Waals surface area contributed by atoms with Crippen LogP contribution < -0.4 is 0 Å². The highest BCUT2D eigenvalue weighted by atomic mass is 17.0. The number of carbonyl (C=O) groups is 3. The molecule has 0 saturated heterocycles. The number of nitrogens with zero attached hydrogens (tertiary/aromatic N) is 2. The molecule has 0 spiro atoms. The monoisotopic (exact) mass is 404 g/mol. The molecule has 1 fully saturated rings. The van der Waals surface area contributed by atoms with Gasteiger partial charge in [0, 0.05) is 12.3 Å². The summed E-state index contributed by atoms with van der Waals surface area (Å²) in [5.41, 5.74) is -0.607. The van der Waals surface area contributed by atoms with E-state index in [1.165, 1.54) is 6.92 Å². The van der Waals surface area contributed by atoms with E-state index in [0.29, 0.717) is 19.3 Å². The van der Waals surface area contributed by atoms with Gasteiger partial charge < -0.3 is 9.84 Å². The van der Waals surface area contributed by atoms with Crippen LogP contribution in [0.3, 0.4) is 0 Å². The molecule has 1 aliphatic carbocycles. The predicted octanol–water partition coefficient (Wildman–Crippen LogP) is 1.92. The molecule has 160 valence electrons. The fourth-order valence-corrected chi connectivity index (χ4v) is 3.42. The third kappa shape index (κ3) is 7.67. The van der Waals surface area contributed by atoms with Gasteiger partial charge in [0.25, 0.3) is 5.09 Å². The van der Waals surface area contributed by atoms with Crippen LogP contribution in [0.15, 0.2) is 0 Å². The van der Waals surface area contributed by atoms with Gasteiger partial charge in [-0.15, -0.1) is 10.1 Å². The minimum absolute atomic E-state index is 0.0453. The molecule has 1 amide bonds. The summed E-state index contributed by atoms with van der Waals surface area (Å²) in [6.45, 7) is 4.50. The van der Waals surface area contributed by atoms with Crippen LogP contribution in [0.5, 0.6) is 0 Å². The maximum absolute atomic E-state index is 12.1. The molecule has 28 heavy (non-hydrogen) atoms. The molecule has 0 aromatic heterocycles. The zero-order valence-electron chi connectivity index (χ0n) is 16.4. The summed E-state index contributed by atoms with van der Waals surface area (Å²) < 4.78 is 5.00. The molecule has 1 rings (SSSR count). The normalized spacial score (nSPS) is 18.0. The lowest BCUT2D eigenvalue weighted by atomic mass is 9.71. The number of esters is 1. The molecule has 2 atom stereocenters. The molecule has 0 aromatic carbocycles. The molecule has 1 unspecified atom stereocenters. The van der Waals surface area contributed by atoms with Crippen molar-refractivity contribution in [1.29, 1.82) is 0 Å². The van der Waals surface area contributed by atoms with Crippen LogP contribution in [0.1, 0.15) is 59.3 Å². The molecule has 11 nitrogen and oxygen atoms in total. The van der Waals surface area contributed by atoms with Crippen molar-refractivity contribution in [2.75, 3.05) is 6.54 Å². The van der Waals surface area contributed by atoms with Crippen LogP contribution in [0.4, 0.5) is 0 Å². The maximum atomic E-state index is 12.1. The third-order valence-corrected chi connectivity index (χ3v) is 4.65. The Bertz CT molecular complexity index is 561. The standard InChI is InChI=1S/C17H28N2O9/c1-12(2)15(28-19(24)25)16(23)26-13(3)27-18(11-20)10-17(9-14(21)22)7-5-4-6-8-17/h11-13,15H,4-10H2,1-3H3,(H,21,22)/t13?,15-/m0/s1. The van der Waals surface area contributed by atoms with Gasteiger partial charge in [0.15, 0.2) is 0 Å². The maximum Gasteiger partial charge on any atom is 0.337 e. The van der Waals surface area contributed by atoms with Crippen molar-refractivity contribution in [3.63, 3.8) is 0 Å². The van der Waals surface area contributed by atoms with E-state index in [2.05, 4.69) is 4.84 Å². The van der Waals surface area contributed by atoms with Crippen LogP contribution in [0, 0.1) is 21.4 Å². The van der Waals surface area contributed by atoms with E-state index in [1.807, 2.05) is 0 Å². The van der Waals surface area contributed by atoms with Crippen molar-refractivity contribution in [1.82, 2.24) is 5.06 Å². The van der Waals surface area contributed by atoms with E-state index < -0.39 is 40.8 Å². The van der Waals surface area contributed by atoms with Crippen molar-refractivity contribution in [2.24, 2.45) is 11.3 Å². The summed E-state index contributed by atoms with van der Waals surface area (Å²) in [7, 11) is 0. The minimum Gasteiger partial charge on any atom is -0.481 e. The Morgan fingerprint density at radius 2 is 1.86 bits per heavy atom. The predicted molar refractivity (Wildman–Crippen MR) is 93.9 cm³/mol. The van der Waals surface area contributed by atoms with Gasteiger partial charge in [-0.05, 0) is 18.8 Å². The number of carbonyl (C=O) groups excluding carboxylic acids is 2. The van der Waals surface area contributed by atoms with E-state index >= 15 is 0 Å². The van der Waals surface area contributed by atoms with E-state index in [9.17, 15) is 29.6 Å². The van der Waals surface area contributed by atoms with Crippen LogP contribution >= 0.6 is 0 Å². The van der Waals surface area contributed by atoms with Crippen molar-refractivity contribution in [2.45, 2.75) is 71.7 Å². The van der Waals surface area contributed by atoms with E-state index in [0.717, 1.165) is 24.3 Å². The Hall–Kier alpha value is -2.43. The van der Waals surface area contributed by atoms with E-state index in [1.54, 1.807) is 13.8 Å². The molecular weight excluding hydrogens is 376 g/mol. The SMILES string of the molecule is CC(OC(=O)[C@@H](O[N+](=O)[O-])C(C)C)ON(C=O)CC1(CC(=O)O)CCCCC1. The van der Waals surface area contributed by atoms with Gasteiger partial charge in [-0.3, -0.25) is 14.4 Å². The smallest absolute Gasteiger partial charge is 0.337 e. The van der Waals surface area contributed by atoms with Crippen molar-refractivity contribution in [3.8, 4) is 0 Å². The molecular formula is C17H28N2O9. The van der Waals surface area contributed by atoms with E-state index in [4.69, 9.17) is 9.57 Å². The number of ether oxygens (including phenoxy) is 1. The van der Waals surface area contributed by atoms with Gasteiger partial charge in [0.05, 0.1) is 13.0 Å². The number of rotatable bonds is 12. The molecule has 0 bridgehead atoms. The van der Waals surface area contributed by atoms with Gasteiger partial charge in [-0.25, -0.2) is 14.7 Å². The Kier molecular flexibility index (Phi) is 9.10. The quantitative estimate of drug-likeness (QED) is 0.169. The second-order valence-electron chi connectivity index (χ2n) is 7.42. The first-order chi connectivity index (χ1) is 13.1. The lowest BCUT2D eigenvalue weighted by Gasteiger charge is -2.38. The molecule has 1 aliphatic rings. The zero-order valence-corrected chi connectivity index (χ0v) is 16.4. The summed E-state index contributed by atoms with van der Waals surface area (Å²) in [6.07, 6.45) is 1.67. The van der Waals surface area contributed by atoms with Crippen LogP contribution in [0.25, 0.3) is 0 Å². The molecule has 1 N–H and O–H groups in total. The average molecular weight is 404 g/mol. The number of hydrogen-bond donors (Lipinski definition) is 1. The summed E-state index contributed by atoms with van der Waals surface area (Å²) >= 11 is 0. The number of hydrogen-bond acceptors (Lipinski definition) is 8. The Morgan fingerprint density at radius 1 is 1.25 bits per heavy atom. The highest BCUT2D eigenvalue weighted by molar-refractivity contribution is 5.75. The van der Waals surface area contributed by atoms with Gasteiger partial charge in [0.1, 0.15) is 0 Å². The largest absolute Gasteiger partial charge is 0.481 e. The number of aliphatic carboxylic acids is 1. The first-order valence-electron chi connectivity index (χ1n) is 9.21. The summed E-state index contributed by atoms with van der Waals surface area (Å²) in [6, 6.07) is 0. The lowest BCUT2D eigenvalue weighted by molar-refractivity contribution is -0.766. The highest BCUT2D eigenvalue weighted by Gasteiger charge is 2.37. The van der Waals surface area contributed by atoms with Gasteiger partial charge in [-0.2, -0.15) is 0 Å². The summed E-state index contributed by atoms with van der Waals surface area (Å²) in [4.78, 5) is 54.9. The second-order valence-corrected chi connectivity index (χ2v) is 7.42. The van der Waals surface area contributed by atoms with Gasteiger partial charge in [0.2, 0.25) is 18.8 Å². The van der Waals surface area contributed by atoms with Crippen molar-refractivity contribution < 1.29 is 39.0 Å². The number of carboxylic acid groups (broad SMARTS) is 1. The second kappa shape index (κ2) is 10.8. The van der Waals surface area contributed by atoms with Crippen molar-refractivity contribution in [3.05, 3.63) is 10.1 Å². The van der Waals surface area contributed by atoms with Crippen LogP contribution in [-0.2, 0) is 28.8 Å². The topological polar surface area (TPSA) is 146 Å². The Morgan fingerprint density at radius 3 is 2.32 bits per heavy atom. The molecule has 11 heteroatoms. The first kappa shape index (κ1) is 23.6. The molecule has 0 heterocycles. The minimum atomic E-state index is -1.43. The Balaban J connectivity index is 2.71. The third-order valence-electron chi connectivity index (χ3n) is 4.65. The lowest BCUT2D eigenvalue weighted by Crippen LogP contribution is -2.43. The fourth-order valence-electron chi connectivity index (χ4n) is 3.42. The molecule has 0 aliphatic heterocycles. The average Bonchev–Trinajstić information content (AvgIpc) is 2.58. The van der Waals surface area contributed by atoms with Crippen molar-refractivity contribution >= 4 is 18.3 Å². The molecule has 0 radical (unpaired) electrons. The summed E-state index contributed by atoms with van der Waals surface area (Å²) in [5, 5.41) is 19.6.